The molecule has 0 spiro atoms. The van der Waals surface area contributed by atoms with E-state index in [1.54, 1.807) is 0 Å². The molecule has 0 saturated heterocycles. The quantitative estimate of drug-likeness (QED) is 0.199. The molecule has 0 aliphatic rings. The van der Waals surface area contributed by atoms with Crippen molar-refractivity contribution in [3.05, 3.63) is 124 Å². The van der Waals surface area contributed by atoms with Gasteiger partial charge < -0.3 is 4.90 Å². The number of hydrogen-bond donors (Lipinski definition) is 0. The molecular weight excluding hydrogens is 566 g/mol. The van der Waals surface area contributed by atoms with Gasteiger partial charge in [0.2, 0.25) is 0 Å². The molecule has 6 rings (SSSR count). The highest BCUT2D eigenvalue weighted by Gasteiger charge is 2.14. The molecule has 0 aliphatic heterocycles. The van der Waals surface area contributed by atoms with Crippen molar-refractivity contribution in [3.63, 3.8) is 0 Å². The minimum Gasteiger partial charge on any atom is -0.311 e. The van der Waals surface area contributed by atoms with Gasteiger partial charge in [0, 0.05) is 46.2 Å². The zero-order valence-corrected chi connectivity index (χ0v) is 22.1. The lowest BCUT2D eigenvalue weighted by atomic mass is 10.0. The Bertz CT molecular complexity index is 1560. The largest absolute Gasteiger partial charge is 0.311 e. The first kappa shape index (κ1) is 21.6. The Morgan fingerprint density at radius 3 is 1.65 bits per heavy atom. The number of rotatable bonds is 4. The monoisotopic (exact) mass is 583 g/mol. The zero-order valence-electron chi connectivity index (χ0n) is 18.1. The number of benzene rings is 5. The van der Waals surface area contributed by atoms with Crippen LogP contribution in [0, 0.1) is 0 Å². The third-order valence-corrected chi connectivity index (χ3v) is 8.29. The molecule has 34 heavy (non-hydrogen) atoms. The van der Waals surface area contributed by atoms with E-state index in [1.807, 2.05) is 11.3 Å². The summed E-state index contributed by atoms with van der Waals surface area (Å²) in [6.45, 7) is 0. The van der Waals surface area contributed by atoms with E-state index >= 15 is 0 Å². The van der Waals surface area contributed by atoms with Gasteiger partial charge in [-0.15, -0.1) is 11.3 Å². The van der Waals surface area contributed by atoms with Gasteiger partial charge in [-0.05, 0) is 77.9 Å². The summed E-state index contributed by atoms with van der Waals surface area (Å²) in [5, 5.41) is 2.66. The van der Waals surface area contributed by atoms with Crippen LogP contribution >= 0.6 is 43.2 Å². The molecule has 0 N–H and O–H groups in total. The molecule has 0 aliphatic carbocycles. The predicted molar refractivity (Wildman–Crippen MR) is 155 cm³/mol. The Hall–Kier alpha value is -2.92. The fourth-order valence-electron chi connectivity index (χ4n) is 4.39. The van der Waals surface area contributed by atoms with E-state index in [2.05, 4.69) is 152 Å². The summed E-state index contributed by atoms with van der Waals surface area (Å²) in [6, 6.07) is 41.1. The van der Waals surface area contributed by atoms with Crippen molar-refractivity contribution in [3.8, 4) is 11.1 Å². The first-order valence-corrected chi connectivity index (χ1v) is 13.4. The molecule has 1 nitrogen and oxygen atoms in total. The van der Waals surface area contributed by atoms with E-state index in [9.17, 15) is 0 Å². The number of thiophene rings is 1. The van der Waals surface area contributed by atoms with Crippen molar-refractivity contribution in [1.29, 1.82) is 0 Å². The van der Waals surface area contributed by atoms with E-state index in [0.717, 1.165) is 26.0 Å². The second-order valence-corrected chi connectivity index (χ2v) is 11.0. The van der Waals surface area contributed by atoms with Crippen LogP contribution in [0.3, 0.4) is 0 Å². The smallest absolute Gasteiger partial charge is 0.0462 e. The van der Waals surface area contributed by atoms with Gasteiger partial charge in [0.15, 0.2) is 0 Å². The Morgan fingerprint density at radius 2 is 1.03 bits per heavy atom. The Balaban J connectivity index is 1.45. The molecule has 4 heteroatoms. The second kappa shape index (κ2) is 9.03. The van der Waals surface area contributed by atoms with Crippen LogP contribution in [0.1, 0.15) is 0 Å². The summed E-state index contributed by atoms with van der Waals surface area (Å²) in [5.74, 6) is 0. The molecular formula is C30H19Br2NS. The highest BCUT2D eigenvalue weighted by molar-refractivity contribution is 9.10. The number of anilines is 3. The molecule has 164 valence electrons. The van der Waals surface area contributed by atoms with Crippen LogP contribution in [0.5, 0.6) is 0 Å². The summed E-state index contributed by atoms with van der Waals surface area (Å²) in [6.07, 6.45) is 0. The average molecular weight is 585 g/mol. The van der Waals surface area contributed by atoms with E-state index in [-0.39, 0.29) is 0 Å². The highest BCUT2D eigenvalue weighted by Crippen LogP contribution is 2.41. The summed E-state index contributed by atoms with van der Waals surface area (Å²) in [4.78, 5) is 2.28. The van der Waals surface area contributed by atoms with Crippen molar-refractivity contribution < 1.29 is 0 Å². The third kappa shape index (κ3) is 3.96. The molecule has 0 amide bonds. The van der Waals surface area contributed by atoms with Crippen molar-refractivity contribution in [1.82, 2.24) is 0 Å². The summed E-state index contributed by atoms with van der Waals surface area (Å²) in [5.41, 5.74) is 5.86. The summed E-state index contributed by atoms with van der Waals surface area (Å²) < 4.78 is 4.81. The topological polar surface area (TPSA) is 3.24 Å². The first-order valence-electron chi connectivity index (χ1n) is 11.0. The molecule has 6 aromatic rings. The van der Waals surface area contributed by atoms with E-state index in [4.69, 9.17) is 0 Å². The lowest BCUT2D eigenvalue weighted by molar-refractivity contribution is 1.28. The van der Waals surface area contributed by atoms with Gasteiger partial charge in [-0.1, -0.05) is 80.4 Å². The van der Waals surface area contributed by atoms with E-state index in [0.29, 0.717) is 0 Å². The third-order valence-electron chi connectivity index (χ3n) is 6.01. The molecule has 0 bridgehead atoms. The number of halogens is 2. The molecule has 1 heterocycles. The van der Waals surface area contributed by atoms with Crippen LogP contribution in [0.15, 0.2) is 124 Å². The Labute approximate surface area is 219 Å². The lowest BCUT2D eigenvalue weighted by Gasteiger charge is -2.26. The Morgan fingerprint density at radius 1 is 0.500 bits per heavy atom. The fourth-order valence-corrected chi connectivity index (χ4v) is 6.16. The maximum atomic E-state index is 3.56. The van der Waals surface area contributed by atoms with Crippen molar-refractivity contribution >= 4 is 80.4 Å². The van der Waals surface area contributed by atoms with Crippen molar-refractivity contribution in [2.75, 3.05) is 4.90 Å². The molecule has 0 unspecified atom stereocenters. The van der Waals surface area contributed by atoms with Crippen LogP contribution in [-0.2, 0) is 0 Å². The number of nitrogens with zero attached hydrogens (tertiary/aromatic N) is 1. The summed E-state index contributed by atoms with van der Waals surface area (Å²) in [7, 11) is 0. The van der Waals surface area contributed by atoms with Gasteiger partial charge in [-0.2, -0.15) is 0 Å². The van der Waals surface area contributed by atoms with Gasteiger partial charge in [0.05, 0.1) is 0 Å². The minimum absolute atomic E-state index is 1.07. The highest BCUT2D eigenvalue weighted by atomic mass is 79.9. The SMILES string of the molecule is Brc1ccc(N(c2ccc(Br)cc2)c2ccc(-c3cccc4c3sc3ccccc34)cc2)cc1. The maximum Gasteiger partial charge on any atom is 0.0462 e. The van der Waals surface area contributed by atoms with Crippen LogP contribution in [0.2, 0.25) is 0 Å². The van der Waals surface area contributed by atoms with E-state index < -0.39 is 0 Å². The van der Waals surface area contributed by atoms with Gasteiger partial charge >= 0.3 is 0 Å². The molecule has 0 radical (unpaired) electrons. The van der Waals surface area contributed by atoms with Crippen molar-refractivity contribution in [2.45, 2.75) is 0 Å². The average Bonchev–Trinajstić information content (AvgIpc) is 3.26. The first-order chi connectivity index (χ1) is 16.7. The second-order valence-electron chi connectivity index (χ2n) is 8.12. The van der Waals surface area contributed by atoms with Gasteiger partial charge in [0.25, 0.3) is 0 Å². The van der Waals surface area contributed by atoms with Crippen LogP contribution in [0.25, 0.3) is 31.3 Å². The Kier molecular flexibility index (Phi) is 5.74. The number of fused-ring (bicyclic) bond motifs is 3. The number of hydrogen-bond acceptors (Lipinski definition) is 2. The normalized spacial score (nSPS) is 11.2. The van der Waals surface area contributed by atoms with Crippen LogP contribution in [0.4, 0.5) is 17.1 Å². The van der Waals surface area contributed by atoms with Gasteiger partial charge in [-0.3, -0.25) is 0 Å². The maximum absolute atomic E-state index is 3.56. The van der Waals surface area contributed by atoms with Gasteiger partial charge in [0.1, 0.15) is 0 Å². The van der Waals surface area contributed by atoms with Gasteiger partial charge in [-0.25, -0.2) is 0 Å². The predicted octanol–water partition coefficient (Wildman–Crippen LogP) is 10.7. The standard InChI is InChI=1S/C30H19Br2NS/c31-21-10-16-24(17-11-21)33(25-18-12-22(32)13-19-25)23-14-8-20(9-15-23)26-5-3-6-28-27-4-1-2-7-29(27)34-30(26)28/h1-19H. The molecule has 0 atom stereocenters. The zero-order chi connectivity index (χ0) is 23.1. The van der Waals surface area contributed by atoms with Crippen LogP contribution in [-0.4, -0.2) is 0 Å². The summed E-state index contributed by atoms with van der Waals surface area (Å²) >= 11 is 8.99. The lowest BCUT2D eigenvalue weighted by Crippen LogP contribution is -2.09. The van der Waals surface area contributed by atoms with E-state index in [1.165, 1.54) is 31.3 Å². The molecule has 0 saturated carbocycles. The molecule has 1 aromatic heterocycles. The fraction of sp³-hybridized carbons (Fsp3) is 0. The minimum atomic E-state index is 1.07. The van der Waals surface area contributed by atoms with Crippen LogP contribution < -0.4 is 4.90 Å². The molecule has 5 aromatic carbocycles. The van der Waals surface area contributed by atoms with Crippen molar-refractivity contribution in [2.24, 2.45) is 0 Å². The molecule has 0 fully saturated rings.